The second-order valence-corrected chi connectivity index (χ2v) is 9.63. The predicted molar refractivity (Wildman–Crippen MR) is 124 cm³/mol. The van der Waals surface area contributed by atoms with Crippen molar-refractivity contribution < 1.29 is 14.3 Å². The lowest BCUT2D eigenvalue weighted by Gasteiger charge is -2.35. The molecule has 0 bridgehead atoms. The molecule has 0 amide bonds. The summed E-state index contributed by atoms with van der Waals surface area (Å²) >= 11 is 1.88. The summed E-state index contributed by atoms with van der Waals surface area (Å²) in [6, 6.07) is 3.15. The van der Waals surface area contributed by atoms with E-state index in [0.717, 1.165) is 44.8 Å². The third kappa shape index (κ3) is 4.90. The van der Waals surface area contributed by atoms with Gasteiger partial charge in [-0.1, -0.05) is 38.1 Å². The molecule has 2 aromatic rings. The highest BCUT2D eigenvalue weighted by Gasteiger charge is 2.28. The Bertz CT molecular complexity index is 1010. The summed E-state index contributed by atoms with van der Waals surface area (Å²) in [5.74, 6) is -0.603. The number of carboxylic acid groups (broad SMARTS) is 1. The van der Waals surface area contributed by atoms with Crippen LogP contribution in [0.5, 0.6) is 0 Å². The Morgan fingerprint density at radius 3 is 2.55 bits per heavy atom. The van der Waals surface area contributed by atoms with Crippen LogP contribution in [-0.2, 0) is 0 Å². The molecular formula is C23H30FN3O3S. The number of unbranched alkanes of at least 4 members (excludes halogenated alkanes) is 3. The molecule has 0 unspecified atom stereocenters. The van der Waals surface area contributed by atoms with Gasteiger partial charge < -0.3 is 14.6 Å². The Labute approximate surface area is 186 Å². The van der Waals surface area contributed by atoms with Gasteiger partial charge in [0.25, 0.3) is 0 Å². The van der Waals surface area contributed by atoms with E-state index in [4.69, 9.17) is 0 Å². The molecule has 6 nitrogen and oxygen atoms in total. The van der Waals surface area contributed by atoms with Crippen LogP contribution in [0.25, 0.3) is 10.9 Å². The fourth-order valence-electron chi connectivity index (χ4n) is 4.19. The quantitative estimate of drug-likeness (QED) is 0.450. The number of hydrogen-bond donors (Lipinski definition) is 1. The molecule has 2 heterocycles. The zero-order valence-corrected chi connectivity index (χ0v) is 18.8. The molecule has 0 atom stereocenters. The molecule has 1 aliphatic carbocycles. The van der Waals surface area contributed by atoms with Crippen molar-refractivity contribution >= 4 is 34.5 Å². The fraction of sp³-hybridized carbons (Fsp3) is 0.565. The van der Waals surface area contributed by atoms with Gasteiger partial charge in [0, 0.05) is 49.6 Å². The molecule has 4 rings (SSSR count). The summed E-state index contributed by atoms with van der Waals surface area (Å²) in [6.07, 6.45) is 8.35. The largest absolute Gasteiger partial charge is 0.477 e. The van der Waals surface area contributed by atoms with E-state index in [2.05, 4.69) is 11.2 Å². The second-order valence-electron chi connectivity index (χ2n) is 8.45. The van der Waals surface area contributed by atoms with Gasteiger partial charge in [-0.15, -0.1) is 0 Å². The first-order chi connectivity index (χ1) is 15.0. The standard InChI is InChI=1S/C23H30FN3O3S/c1-2-3-4-5-12-31-26-10-8-25(9-11-26)21-14-20-17(13-19(21)24)22(28)18(23(29)30)15-27(20)16-6-7-16/h13-16H,2-12H2,1H3,(H,29,30). The van der Waals surface area contributed by atoms with E-state index in [1.54, 1.807) is 6.07 Å². The van der Waals surface area contributed by atoms with Crippen LogP contribution >= 0.6 is 11.9 Å². The monoisotopic (exact) mass is 447 g/mol. The first-order valence-electron chi connectivity index (χ1n) is 11.2. The van der Waals surface area contributed by atoms with Crippen LogP contribution < -0.4 is 10.3 Å². The normalized spacial score (nSPS) is 17.4. The number of aromatic nitrogens is 1. The van der Waals surface area contributed by atoms with Crippen molar-refractivity contribution in [1.82, 2.24) is 8.87 Å². The predicted octanol–water partition coefficient (Wildman–Crippen LogP) is 4.52. The Balaban J connectivity index is 1.52. The molecular weight excluding hydrogens is 417 g/mol. The number of pyridine rings is 1. The molecule has 2 aliphatic rings. The summed E-state index contributed by atoms with van der Waals surface area (Å²) in [7, 11) is 0. The first-order valence-corrected chi connectivity index (χ1v) is 12.2. The molecule has 2 fully saturated rings. The number of carboxylic acids is 1. The van der Waals surface area contributed by atoms with Crippen LogP contribution in [0.15, 0.2) is 23.1 Å². The molecule has 1 saturated carbocycles. The van der Waals surface area contributed by atoms with Gasteiger partial charge >= 0.3 is 5.97 Å². The van der Waals surface area contributed by atoms with Crippen LogP contribution in [0.3, 0.4) is 0 Å². The number of anilines is 1. The lowest BCUT2D eigenvalue weighted by molar-refractivity contribution is 0.0695. The average Bonchev–Trinajstić information content (AvgIpc) is 3.59. The third-order valence-electron chi connectivity index (χ3n) is 6.12. The van der Waals surface area contributed by atoms with E-state index in [-0.39, 0.29) is 17.0 Å². The number of hydrogen-bond acceptors (Lipinski definition) is 5. The molecule has 0 radical (unpaired) electrons. The van der Waals surface area contributed by atoms with Crippen molar-refractivity contribution in [2.24, 2.45) is 0 Å². The van der Waals surface area contributed by atoms with Gasteiger partial charge in [-0.05, 0) is 31.4 Å². The molecule has 1 N–H and O–H groups in total. The Kier molecular flexibility index (Phi) is 6.86. The highest BCUT2D eigenvalue weighted by Crippen LogP contribution is 2.38. The minimum Gasteiger partial charge on any atom is -0.477 e. The summed E-state index contributed by atoms with van der Waals surface area (Å²) in [5, 5.41) is 9.53. The number of carbonyl (C=O) groups is 1. The number of piperazine rings is 1. The lowest BCUT2D eigenvalue weighted by atomic mass is 10.1. The maximum atomic E-state index is 15.0. The van der Waals surface area contributed by atoms with Gasteiger partial charge in [0.1, 0.15) is 11.4 Å². The lowest BCUT2D eigenvalue weighted by Crippen LogP contribution is -2.44. The zero-order valence-electron chi connectivity index (χ0n) is 18.0. The minimum atomic E-state index is -1.27. The van der Waals surface area contributed by atoms with Crippen LogP contribution in [0, 0.1) is 5.82 Å². The SMILES string of the molecule is CCCCCCSN1CCN(c2cc3c(cc2F)c(=O)c(C(=O)O)cn3C2CC2)CC1. The highest BCUT2D eigenvalue weighted by molar-refractivity contribution is 7.97. The number of nitrogens with zero attached hydrogens (tertiary/aromatic N) is 3. The second kappa shape index (κ2) is 9.61. The Morgan fingerprint density at radius 1 is 1.16 bits per heavy atom. The van der Waals surface area contributed by atoms with Crippen molar-refractivity contribution in [2.75, 3.05) is 36.8 Å². The van der Waals surface area contributed by atoms with E-state index in [9.17, 15) is 14.7 Å². The van der Waals surface area contributed by atoms with E-state index >= 15 is 4.39 Å². The van der Waals surface area contributed by atoms with Gasteiger partial charge in [0.15, 0.2) is 0 Å². The third-order valence-corrected chi connectivity index (χ3v) is 7.32. The summed E-state index contributed by atoms with van der Waals surface area (Å²) in [6.45, 7) is 5.40. The van der Waals surface area contributed by atoms with E-state index < -0.39 is 17.2 Å². The molecule has 1 aromatic carbocycles. The molecule has 31 heavy (non-hydrogen) atoms. The Hall–Kier alpha value is -2.06. The molecule has 1 saturated heterocycles. The van der Waals surface area contributed by atoms with Gasteiger partial charge in [-0.2, -0.15) is 0 Å². The van der Waals surface area contributed by atoms with Crippen LogP contribution in [0.2, 0.25) is 0 Å². The van der Waals surface area contributed by atoms with E-state index in [1.165, 1.54) is 37.9 Å². The molecule has 168 valence electrons. The van der Waals surface area contributed by atoms with Crippen LogP contribution in [0.1, 0.15) is 61.8 Å². The zero-order chi connectivity index (χ0) is 22.0. The minimum absolute atomic E-state index is 0.148. The number of halogens is 1. The highest BCUT2D eigenvalue weighted by atomic mass is 32.2. The average molecular weight is 448 g/mol. The molecule has 1 aliphatic heterocycles. The molecule has 8 heteroatoms. The van der Waals surface area contributed by atoms with Gasteiger partial charge in [0.2, 0.25) is 5.43 Å². The number of benzene rings is 1. The van der Waals surface area contributed by atoms with E-state index in [1.807, 2.05) is 21.4 Å². The first kappa shape index (κ1) is 22.1. The number of rotatable bonds is 9. The molecule has 0 spiro atoms. The Morgan fingerprint density at radius 2 is 1.90 bits per heavy atom. The van der Waals surface area contributed by atoms with Crippen LogP contribution in [-0.4, -0.2) is 51.9 Å². The van der Waals surface area contributed by atoms with Gasteiger partial charge in [0.05, 0.1) is 11.2 Å². The van der Waals surface area contributed by atoms with Crippen molar-refractivity contribution in [3.63, 3.8) is 0 Å². The number of fused-ring (bicyclic) bond motifs is 1. The van der Waals surface area contributed by atoms with Gasteiger partial charge in [-0.3, -0.25) is 4.79 Å². The topological polar surface area (TPSA) is 65.8 Å². The van der Waals surface area contributed by atoms with Crippen molar-refractivity contribution in [2.45, 2.75) is 51.5 Å². The van der Waals surface area contributed by atoms with Crippen molar-refractivity contribution in [3.05, 3.63) is 39.9 Å². The fourth-order valence-corrected chi connectivity index (χ4v) is 5.20. The smallest absolute Gasteiger partial charge is 0.341 e. The maximum absolute atomic E-state index is 15.0. The number of aromatic carboxylic acids is 1. The van der Waals surface area contributed by atoms with E-state index in [0.29, 0.717) is 11.2 Å². The summed E-state index contributed by atoms with van der Waals surface area (Å²) < 4.78 is 19.2. The summed E-state index contributed by atoms with van der Waals surface area (Å²) in [4.78, 5) is 26.2. The summed E-state index contributed by atoms with van der Waals surface area (Å²) in [5.41, 5.74) is 0.212. The van der Waals surface area contributed by atoms with Crippen molar-refractivity contribution in [1.29, 1.82) is 0 Å². The maximum Gasteiger partial charge on any atom is 0.341 e. The van der Waals surface area contributed by atoms with Gasteiger partial charge in [-0.25, -0.2) is 13.5 Å². The molecule has 1 aromatic heterocycles. The van der Waals surface area contributed by atoms with Crippen LogP contribution in [0.4, 0.5) is 10.1 Å². The van der Waals surface area contributed by atoms with Crippen molar-refractivity contribution in [3.8, 4) is 0 Å².